The molecule has 0 saturated carbocycles. The summed E-state index contributed by atoms with van der Waals surface area (Å²) in [5, 5.41) is 8.92. The van der Waals surface area contributed by atoms with E-state index in [4.69, 9.17) is 5.11 Å². The Morgan fingerprint density at radius 2 is 2.14 bits per heavy atom. The molecule has 0 amide bonds. The van der Waals surface area contributed by atoms with Crippen molar-refractivity contribution in [3.05, 3.63) is 23.3 Å². The zero-order chi connectivity index (χ0) is 10.7. The quantitative estimate of drug-likeness (QED) is 0.795. The molecule has 1 aromatic heterocycles. The number of hydrogen-bond donors (Lipinski definition) is 1. The van der Waals surface area contributed by atoms with Crippen LogP contribution in [0.5, 0.6) is 0 Å². The van der Waals surface area contributed by atoms with Gasteiger partial charge in [0.25, 0.3) is 0 Å². The molecule has 0 fully saturated rings. The van der Waals surface area contributed by atoms with Gasteiger partial charge in [-0.2, -0.15) is 0 Å². The van der Waals surface area contributed by atoms with Crippen molar-refractivity contribution in [1.82, 2.24) is 9.97 Å². The molecule has 4 heteroatoms. The Morgan fingerprint density at radius 3 is 2.57 bits per heavy atom. The van der Waals surface area contributed by atoms with Crippen LogP contribution in [0, 0.1) is 13.8 Å². The van der Waals surface area contributed by atoms with Crippen molar-refractivity contribution in [2.24, 2.45) is 0 Å². The molecule has 0 aliphatic rings. The van der Waals surface area contributed by atoms with Crippen molar-refractivity contribution in [2.75, 3.05) is 0 Å². The van der Waals surface area contributed by atoms with Gasteiger partial charge >= 0.3 is 5.97 Å². The molecule has 14 heavy (non-hydrogen) atoms. The highest BCUT2D eigenvalue weighted by atomic mass is 16.4. The molecule has 4 nitrogen and oxygen atoms in total. The predicted octanol–water partition coefficient (Wildman–Crippen LogP) is 1.67. The van der Waals surface area contributed by atoms with Gasteiger partial charge in [-0.25, -0.2) is 0 Å². The number of aliphatic carboxylic acids is 1. The van der Waals surface area contributed by atoms with Crippen molar-refractivity contribution in [2.45, 2.75) is 33.1 Å². The molecule has 1 atom stereocenters. The van der Waals surface area contributed by atoms with Gasteiger partial charge in [0.2, 0.25) is 0 Å². The van der Waals surface area contributed by atoms with Gasteiger partial charge in [0.05, 0.1) is 17.1 Å². The van der Waals surface area contributed by atoms with E-state index < -0.39 is 11.9 Å². The van der Waals surface area contributed by atoms with E-state index in [2.05, 4.69) is 9.97 Å². The molecule has 1 unspecified atom stereocenters. The summed E-state index contributed by atoms with van der Waals surface area (Å²) in [7, 11) is 0. The fourth-order valence-corrected chi connectivity index (χ4v) is 1.24. The Kier molecular flexibility index (Phi) is 3.17. The van der Waals surface area contributed by atoms with Crippen molar-refractivity contribution in [1.29, 1.82) is 0 Å². The van der Waals surface area contributed by atoms with Crippen LogP contribution in [0.4, 0.5) is 0 Å². The number of aryl methyl sites for hydroxylation is 2. The SMILES string of the molecule is CCC(C(=O)O)c1cnc(C)c(C)n1. The van der Waals surface area contributed by atoms with Crippen LogP contribution >= 0.6 is 0 Å². The molecule has 0 aromatic carbocycles. The molecule has 0 aliphatic carbocycles. The minimum atomic E-state index is -0.843. The number of carboxylic acids is 1. The number of carbonyl (C=O) groups is 1. The van der Waals surface area contributed by atoms with Crippen molar-refractivity contribution in [3.63, 3.8) is 0 Å². The van der Waals surface area contributed by atoms with Crippen LogP contribution in [0.15, 0.2) is 6.20 Å². The van der Waals surface area contributed by atoms with Crippen LogP contribution in [0.25, 0.3) is 0 Å². The summed E-state index contributed by atoms with van der Waals surface area (Å²) in [5.41, 5.74) is 2.18. The highest BCUT2D eigenvalue weighted by molar-refractivity contribution is 5.75. The molecule has 76 valence electrons. The lowest BCUT2D eigenvalue weighted by Crippen LogP contribution is -2.13. The maximum atomic E-state index is 10.9. The summed E-state index contributed by atoms with van der Waals surface area (Å²) in [4.78, 5) is 19.2. The second-order valence-electron chi connectivity index (χ2n) is 3.26. The van der Waals surface area contributed by atoms with Gasteiger partial charge in [-0.15, -0.1) is 0 Å². The average molecular weight is 194 g/mol. The zero-order valence-electron chi connectivity index (χ0n) is 8.61. The summed E-state index contributed by atoms with van der Waals surface area (Å²) < 4.78 is 0. The Bertz CT molecular complexity index is 350. The minimum Gasteiger partial charge on any atom is -0.481 e. The average Bonchev–Trinajstić information content (AvgIpc) is 2.11. The van der Waals surface area contributed by atoms with Crippen molar-refractivity contribution >= 4 is 5.97 Å². The highest BCUT2D eigenvalue weighted by Crippen LogP contribution is 2.17. The van der Waals surface area contributed by atoms with E-state index in [-0.39, 0.29) is 0 Å². The zero-order valence-corrected chi connectivity index (χ0v) is 8.61. The first-order valence-corrected chi connectivity index (χ1v) is 4.59. The van der Waals surface area contributed by atoms with Crippen LogP contribution in [0.2, 0.25) is 0 Å². The van der Waals surface area contributed by atoms with E-state index in [0.29, 0.717) is 12.1 Å². The summed E-state index contributed by atoms with van der Waals surface area (Å²) >= 11 is 0. The summed E-state index contributed by atoms with van der Waals surface area (Å²) in [6.07, 6.45) is 2.08. The molecular weight excluding hydrogens is 180 g/mol. The molecule has 0 bridgehead atoms. The van der Waals surface area contributed by atoms with Crippen LogP contribution in [0.3, 0.4) is 0 Å². The van der Waals surface area contributed by atoms with Crippen LogP contribution in [0.1, 0.15) is 36.3 Å². The second kappa shape index (κ2) is 4.17. The van der Waals surface area contributed by atoms with Gasteiger partial charge in [-0.05, 0) is 20.3 Å². The van der Waals surface area contributed by atoms with Crippen LogP contribution in [-0.2, 0) is 4.79 Å². The molecule has 1 heterocycles. The van der Waals surface area contributed by atoms with Gasteiger partial charge in [0, 0.05) is 6.20 Å². The smallest absolute Gasteiger partial charge is 0.312 e. The fraction of sp³-hybridized carbons (Fsp3) is 0.500. The van der Waals surface area contributed by atoms with Crippen molar-refractivity contribution < 1.29 is 9.90 Å². The lowest BCUT2D eigenvalue weighted by molar-refractivity contribution is -0.138. The van der Waals surface area contributed by atoms with E-state index >= 15 is 0 Å². The number of aromatic nitrogens is 2. The standard InChI is InChI=1S/C10H14N2O2/c1-4-8(10(13)14)9-5-11-6(2)7(3)12-9/h5,8H,4H2,1-3H3,(H,13,14). The fourth-order valence-electron chi connectivity index (χ4n) is 1.24. The summed E-state index contributed by atoms with van der Waals surface area (Å²) in [5.74, 6) is -1.38. The summed E-state index contributed by atoms with van der Waals surface area (Å²) in [6.45, 7) is 5.52. The molecular formula is C10H14N2O2. The third kappa shape index (κ3) is 2.07. The Morgan fingerprint density at radius 1 is 1.50 bits per heavy atom. The van der Waals surface area contributed by atoms with Crippen LogP contribution in [-0.4, -0.2) is 21.0 Å². The number of hydrogen-bond acceptors (Lipinski definition) is 3. The maximum Gasteiger partial charge on any atom is 0.312 e. The van der Waals surface area contributed by atoms with Gasteiger partial charge in [-0.1, -0.05) is 6.92 Å². The summed E-state index contributed by atoms with van der Waals surface area (Å²) in [6, 6.07) is 0. The molecule has 1 aromatic rings. The Labute approximate surface area is 83.0 Å². The third-order valence-corrected chi connectivity index (χ3v) is 2.27. The van der Waals surface area contributed by atoms with E-state index in [1.54, 1.807) is 6.20 Å². The Hall–Kier alpha value is -1.45. The third-order valence-electron chi connectivity index (χ3n) is 2.27. The van der Waals surface area contributed by atoms with Gasteiger partial charge < -0.3 is 5.11 Å². The second-order valence-corrected chi connectivity index (χ2v) is 3.26. The monoisotopic (exact) mass is 194 g/mol. The van der Waals surface area contributed by atoms with Crippen LogP contribution < -0.4 is 0 Å². The molecule has 0 spiro atoms. The topological polar surface area (TPSA) is 63.1 Å². The molecule has 0 aliphatic heterocycles. The largest absolute Gasteiger partial charge is 0.481 e. The molecule has 1 N–H and O–H groups in total. The van der Waals surface area contributed by atoms with Gasteiger partial charge in [0.15, 0.2) is 0 Å². The Balaban J connectivity index is 3.06. The number of nitrogens with zero attached hydrogens (tertiary/aromatic N) is 2. The minimum absolute atomic E-state index is 0.534. The van der Waals surface area contributed by atoms with Gasteiger partial charge in [-0.3, -0.25) is 14.8 Å². The normalized spacial score (nSPS) is 12.5. The first-order chi connectivity index (χ1) is 6.56. The van der Waals surface area contributed by atoms with E-state index in [9.17, 15) is 4.79 Å². The highest BCUT2D eigenvalue weighted by Gasteiger charge is 2.19. The maximum absolute atomic E-state index is 10.9. The predicted molar refractivity (Wildman–Crippen MR) is 52.2 cm³/mol. The van der Waals surface area contributed by atoms with Gasteiger partial charge in [0.1, 0.15) is 5.92 Å². The number of rotatable bonds is 3. The lowest BCUT2D eigenvalue weighted by Gasteiger charge is -2.09. The van der Waals surface area contributed by atoms with E-state index in [1.807, 2.05) is 20.8 Å². The molecule has 1 rings (SSSR count). The van der Waals surface area contributed by atoms with E-state index in [0.717, 1.165) is 11.4 Å². The number of carboxylic acid groups (broad SMARTS) is 1. The molecule has 0 radical (unpaired) electrons. The van der Waals surface area contributed by atoms with E-state index in [1.165, 1.54) is 0 Å². The molecule has 0 saturated heterocycles. The lowest BCUT2D eigenvalue weighted by atomic mass is 10.0. The first kappa shape index (κ1) is 10.6. The van der Waals surface area contributed by atoms with Crippen molar-refractivity contribution in [3.8, 4) is 0 Å². The first-order valence-electron chi connectivity index (χ1n) is 4.59.